The summed E-state index contributed by atoms with van der Waals surface area (Å²) in [6.07, 6.45) is 2.90. The molecule has 0 saturated carbocycles. The summed E-state index contributed by atoms with van der Waals surface area (Å²) >= 11 is 0. The Morgan fingerprint density at radius 3 is 2.12 bits per heavy atom. The molecule has 0 unspecified atom stereocenters. The van der Waals surface area contributed by atoms with Crippen molar-refractivity contribution in [2.75, 3.05) is 21.3 Å². The van der Waals surface area contributed by atoms with Crippen LogP contribution in [0.1, 0.15) is 11.3 Å². The van der Waals surface area contributed by atoms with Crippen molar-refractivity contribution in [3.05, 3.63) is 59.9 Å². The molecule has 1 aromatic heterocycles. The van der Waals surface area contributed by atoms with Crippen molar-refractivity contribution in [1.82, 2.24) is 0 Å². The highest BCUT2D eigenvalue weighted by atomic mass is 16.5. The Kier molecular flexibility index (Phi) is 4.56. The number of pyridine rings is 1. The summed E-state index contributed by atoms with van der Waals surface area (Å²) in [4.78, 5) is 0. The Morgan fingerprint density at radius 2 is 1.50 bits per heavy atom. The van der Waals surface area contributed by atoms with Crippen molar-refractivity contribution in [2.45, 2.75) is 6.42 Å². The molecule has 0 aliphatic heterocycles. The van der Waals surface area contributed by atoms with Crippen LogP contribution in [-0.2, 0) is 13.5 Å². The van der Waals surface area contributed by atoms with E-state index in [9.17, 15) is 0 Å². The van der Waals surface area contributed by atoms with Crippen LogP contribution in [-0.4, -0.2) is 21.3 Å². The molecule has 24 heavy (non-hydrogen) atoms. The molecule has 3 aromatic rings. The Morgan fingerprint density at radius 1 is 0.833 bits per heavy atom. The number of benzene rings is 2. The van der Waals surface area contributed by atoms with Gasteiger partial charge in [-0.25, -0.2) is 4.57 Å². The second-order valence-electron chi connectivity index (χ2n) is 5.69. The zero-order valence-electron chi connectivity index (χ0n) is 14.5. The van der Waals surface area contributed by atoms with Crippen LogP contribution in [0.15, 0.2) is 48.7 Å². The van der Waals surface area contributed by atoms with E-state index in [1.54, 1.807) is 21.3 Å². The fourth-order valence-corrected chi connectivity index (χ4v) is 2.91. The molecule has 0 aliphatic rings. The lowest BCUT2D eigenvalue weighted by atomic mass is 10.0. The number of hydrogen-bond acceptors (Lipinski definition) is 3. The number of aromatic nitrogens is 1. The zero-order chi connectivity index (χ0) is 17.1. The summed E-state index contributed by atoms with van der Waals surface area (Å²) in [6, 6.07) is 14.3. The minimum absolute atomic E-state index is 0.743. The van der Waals surface area contributed by atoms with Gasteiger partial charge < -0.3 is 14.2 Å². The van der Waals surface area contributed by atoms with Gasteiger partial charge in [0.25, 0.3) is 0 Å². The fraction of sp³-hybridized carbons (Fsp3) is 0.250. The van der Waals surface area contributed by atoms with Crippen molar-refractivity contribution in [3.8, 4) is 17.2 Å². The van der Waals surface area contributed by atoms with Gasteiger partial charge in [0.2, 0.25) is 0 Å². The smallest absolute Gasteiger partial charge is 0.193 e. The number of methoxy groups -OCH3 is 3. The second kappa shape index (κ2) is 6.79. The zero-order valence-corrected chi connectivity index (χ0v) is 14.5. The molecule has 124 valence electrons. The summed E-state index contributed by atoms with van der Waals surface area (Å²) in [5.41, 5.74) is 2.45. The molecular formula is C20H22NO3+. The maximum absolute atomic E-state index is 5.47. The lowest BCUT2D eigenvalue weighted by molar-refractivity contribution is -0.677. The van der Waals surface area contributed by atoms with Crippen molar-refractivity contribution in [1.29, 1.82) is 0 Å². The first-order chi connectivity index (χ1) is 11.7. The van der Waals surface area contributed by atoms with Crippen molar-refractivity contribution < 1.29 is 18.8 Å². The van der Waals surface area contributed by atoms with Crippen LogP contribution >= 0.6 is 0 Å². The molecule has 0 spiro atoms. The van der Waals surface area contributed by atoms with E-state index in [2.05, 4.69) is 36.0 Å². The third-order valence-corrected chi connectivity index (χ3v) is 4.30. The Hall–Kier alpha value is -2.75. The van der Waals surface area contributed by atoms with Gasteiger partial charge in [0, 0.05) is 6.07 Å². The number of fused-ring (bicyclic) bond motifs is 1. The first kappa shape index (κ1) is 16.1. The van der Waals surface area contributed by atoms with Gasteiger partial charge in [0.1, 0.15) is 12.8 Å². The van der Waals surface area contributed by atoms with Gasteiger partial charge in [0.15, 0.2) is 23.4 Å². The Balaban J connectivity index is 2.09. The molecular weight excluding hydrogens is 302 g/mol. The Labute approximate surface area is 142 Å². The minimum Gasteiger partial charge on any atom is -0.497 e. The highest BCUT2D eigenvalue weighted by molar-refractivity contribution is 5.87. The standard InChI is InChI=1S/C20H22NO3/c1-21-10-9-15-12-19(23-3)20(24-4)13-17(15)18(21)11-14-5-7-16(22-2)8-6-14/h5-10,12-13H,11H2,1-4H3/q+1. The first-order valence-corrected chi connectivity index (χ1v) is 7.82. The number of ether oxygens (including phenoxy) is 3. The highest BCUT2D eigenvalue weighted by Crippen LogP contribution is 2.33. The first-order valence-electron chi connectivity index (χ1n) is 7.82. The van der Waals surface area contributed by atoms with Crippen LogP contribution in [0.25, 0.3) is 10.8 Å². The van der Waals surface area contributed by atoms with Crippen LogP contribution in [0, 0.1) is 0 Å². The van der Waals surface area contributed by atoms with E-state index >= 15 is 0 Å². The van der Waals surface area contributed by atoms with Crippen molar-refractivity contribution in [2.24, 2.45) is 7.05 Å². The molecule has 0 atom stereocenters. The molecule has 3 rings (SSSR count). The lowest BCUT2D eigenvalue weighted by Gasteiger charge is -2.11. The van der Waals surface area contributed by atoms with E-state index in [0.29, 0.717) is 0 Å². The fourth-order valence-electron chi connectivity index (χ4n) is 2.91. The summed E-state index contributed by atoms with van der Waals surface area (Å²) in [7, 11) is 7.06. The number of nitrogens with zero attached hydrogens (tertiary/aromatic N) is 1. The maximum atomic E-state index is 5.47. The van der Waals surface area contributed by atoms with Gasteiger partial charge in [-0.15, -0.1) is 0 Å². The van der Waals surface area contributed by atoms with Crippen molar-refractivity contribution in [3.63, 3.8) is 0 Å². The van der Waals surface area contributed by atoms with Crippen LogP contribution in [0.4, 0.5) is 0 Å². The molecule has 0 saturated heterocycles. The third-order valence-electron chi connectivity index (χ3n) is 4.30. The highest BCUT2D eigenvalue weighted by Gasteiger charge is 2.16. The molecule has 0 radical (unpaired) electrons. The van der Waals surface area contributed by atoms with Gasteiger partial charge in [-0.05, 0) is 35.2 Å². The van der Waals surface area contributed by atoms with Crippen molar-refractivity contribution >= 4 is 10.8 Å². The van der Waals surface area contributed by atoms with Gasteiger partial charge in [-0.1, -0.05) is 12.1 Å². The topological polar surface area (TPSA) is 31.6 Å². The van der Waals surface area contributed by atoms with E-state index in [0.717, 1.165) is 34.4 Å². The number of aryl methyl sites for hydroxylation is 1. The van der Waals surface area contributed by atoms with Crippen LogP contribution < -0.4 is 18.8 Å². The van der Waals surface area contributed by atoms with E-state index in [4.69, 9.17) is 14.2 Å². The number of rotatable bonds is 5. The largest absolute Gasteiger partial charge is 0.497 e. The third kappa shape index (κ3) is 3.00. The predicted octanol–water partition coefficient (Wildman–Crippen LogP) is 3.28. The summed E-state index contributed by atoms with van der Waals surface area (Å²) in [5, 5.41) is 2.29. The molecule has 0 aliphatic carbocycles. The normalized spacial score (nSPS) is 10.7. The molecule has 0 N–H and O–H groups in total. The van der Waals surface area contributed by atoms with E-state index in [-0.39, 0.29) is 0 Å². The monoisotopic (exact) mass is 324 g/mol. The number of hydrogen-bond donors (Lipinski definition) is 0. The summed E-state index contributed by atoms with van der Waals surface area (Å²) < 4.78 is 18.3. The van der Waals surface area contributed by atoms with E-state index in [1.807, 2.05) is 24.3 Å². The average Bonchev–Trinajstić information content (AvgIpc) is 2.63. The quantitative estimate of drug-likeness (QED) is 0.675. The molecule has 4 nitrogen and oxygen atoms in total. The molecule has 4 heteroatoms. The van der Waals surface area contributed by atoms with E-state index < -0.39 is 0 Å². The maximum Gasteiger partial charge on any atom is 0.193 e. The average molecular weight is 324 g/mol. The molecule has 0 bridgehead atoms. The summed E-state index contributed by atoms with van der Waals surface area (Å²) in [6.45, 7) is 0. The predicted molar refractivity (Wildman–Crippen MR) is 94.0 cm³/mol. The molecule has 0 amide bonds. The van der Waals surface area contributed by atoms with Gasteiger partial charge >= 0.3 is 0 Å². The molecule has 2 aromatic carbocycles. The van der Waals surface area contributed by atoms with E-state index in [1.165, 1.54) is 11.3 Å². The van der Waals surface area contributed by atoms with Gasteiger partial charge in [-0.3, -0.25) is 0 Å². The Bertz CT molecular complexity index is 857. The summed E-state index contributed by atoms with van der Waals surface area (Å²) in [5.74, 6) is 2.36. The van der Waals surface area contributed by atoms with Crippen LogP contribution in [0.2, 0.25) is 0 Å². The SMILES string of the molecule is COc1ccc(Cc2c3cc(OC)c(OC)cc3cc[n+]2C)cc1. The molecule has 0 fully saturated rings. The molecule has 1 heterocycles. The van der Waals surface area contributed by atoms with Gasteiger partial charge in [-0.2, -0.15) is 0 Å². The van der Waals surface area contributed by atoms with Gasteiger partial charge in [0.05, 0.1) is 33.1 Å². The lowest BCUT2D eigenvalue weighted by Crippen LogP contribution is -2.33. The van der Waals surface area contributed by atoms with Crippen LogP contribution in [0.5, 0.6) is 17.2 Å². The minimum atomic E-state index is 0.743. The van der Waals surface area contributed by atoms with Crippen LogP contribution in [0.3, 0.4) is 0 Å². The second-order valence-corrected chi connectivity index (χ2v) is 5.69.